The van der Waals surface area contributed by atoms with Crippen molar-refractivity contribution < 1.29 is 17.9 Å². The van der Waals surface area contributed by atoms with Crippen LogP contribution in [0.5, 0.6) is 0 Å². The van der Waals surface area contributed by atoms with Gasteiger partial charge in [-0.15, -0.1) is 0 Å². The first-order chi connectivity index (χ1) is 5.00. The summed E-state index contributed by atoms with van der Waals surface area (Å²) in [5.41, 5.74) is 0. The van der Waals surface area contributed by atoms with Crippen molar-refractivity contribution >= 4 is 0 Å². The predicted octanol–water partition coefficient (Wildman–Crippen LogP) is 0.879. The van der Waals surface area contributed by atoms with Crippen LogP contribution in [0, 0.1) is 0 Å². The van der Waals surface area contributed by atoms with Gasteiger partial charge in [-0.3, -0.25) is 0 Å². The standard InChI is InChI=1S/C6H10F3NO/c1-10-2-3-11-5(4-10)6(7,8)9/h5H,2-4H2,1H3. The van der Waals surface area contributed by atoms with E-state index in [1.165, 1.54) is 0 Å². The van der Waals surface area contributed by atoms with Crippen molar-refractivity contribution in [3.8, 4) is 0 Å². The summed E-state index contributed by atoms with van der Waals surface area (Å²) in [7, 11) is 1.65. The van der Waals surface area contributed by atoms with Crippen LogP contribution in [0.25, 0.3) is 0 Å². The molecule has 0 aromatic carbocycles. The molecule has 1 unspecified atom stereocenters. The SMILES string of the molecule is CN1CCOC(C(F)(F)F)C1. The summed E-state index contributed by atoms with van der Waals surface area (Å²) in [6.45, 7) is 0.691. The van der Waals surface area contributed by atoms with Gasteiger partial charge in [0.2, 0.25) is 0 Å². The summed E-state index contributed by atoms with van der Waals surface area (Å²) in [6, 6.07) is 0. The summed E-state index contributed by atoms with van der Waals surface area (Å²) in [6.07, 6.45) is -5.81. The fraction of sp³-hybridized carbons (Fsp3) is 1.00. The molecule has 1 aliphatic heterocycles. The van der Waals surface area contributed by atoms with Gasteiger partial charge in [0, 0.05) is 13.1 Å². The molecule has 0 aliphatic carbocycles. The van der Waals surface area contributed by atoms with Gasteiger partial charge in [0.05, 0.1) is 6.61 Å². The molecule has 2 nitrogen and oxygen atoms in total. The van der Waals surface area contributed by atoms with E-state index in [-0.39, 0.29) is 13.2 Å². The number of ether oxygens (including phenoxy) is 1. The highest BCUT2D eigenvalue weighted by molar-refractivity contribution is 4.74. The topological polar surface area (TPSA) is 12.5 Å². The Morgan fingerprint density at radius 1 is 1.45 bits per heavy atom. The van der Waals surface area contributed by atoms with E-state index in [1.807, 2.05) is 0 Å². The molecule has 66 valence electrons. The highest BCUT2D eigenvalue weighted by Crippen LogP contribution is 2.24. The molecule has 11 heavy (non-hydrogen) atoms. The molecule has 0 bridgehead atoms. The zero-order valence-corrected chi connectivity index (χ0v) is 6.19. The lowest BCUT2D eigenvalue weighted by Crippen LogP contribution is -2.47. The second-order valence-corrected chi connectivity index (χ2v) is 2.66. The molecule has 0 radical (unpaired) electrons. The van der Waals surface area contributed by atoms with Gasteiger partial charge in [-0.05, 0) is 7.05 Å². The Labute approximate surface area is 62.9 Å². The number of hydrogen-bond acceptors (Lipinski definition) is 2. The number of hydrogen-bond donors (Lipinski definition) is 0. The Morgan fingerprint density at radius 2 is 2.09 bits per heavy atom. The van der Waals surface area contributed by atoms with Crippen LogP contribution in [0.4, 0.5) is 13.2 Å². The number of nitrogens with zero attached hydrogens (tertiary/aromatic N) is 1. The van der Waals surface area contributed by atoms with Gasteiger partial charge >= 0.3 is 6.18 Å². The summed E-state index contributed by atoms with van der Waals surface area (Å²) in [4.78, 5) is 1.61. The molecular formula is C6H10F3NO. The van der Waals surface area contributed by atoms with Gasteiger partial charge in [-0.1, -0.05) is 0 Å². The normalized spacial score (nSPS) is 28.9. The van der Waals surface area contributed by atoms with Crippen molar-refractivity contribution in [1.29, 1.82) is 0 Å². The second-order valence-electron chi connectivity index (χ2n) is 2.66. The second kappa shape index (κ2) is 2.98. The average Bonchev–Trinajstić information content (AvgIpc) is 1.86. The molecular weight excluding hydrogens is 159 g/mol. The predicted molar refractivity (Wildman–Crippen MR) is 33.3 cm³/mol. The minimum absolute atomic E-state index is 0.0521. The molecule has 1 atom stereocenters. The number of halogens is 3. The molecule has 0 aromatic rings. The highest BCUT2D eigenvalue weighted by Gasteiger charge is 2.42. The van der Waals surface area contributed by atoms with E-state index in [2.05, 4.69) is 4.74 Å². The fourth-order valence-corrected chi connectivity index (χ4v) is 0.976. The van der Waals surface area contributed by atoms with Crippen LogP contribution < -0.4 is 0 Å². The maximum Gasteiger partial charge on any atom is 0.415 e. The van der Waals surface area contributed by atoms with Gasteiger partial charge < -0.3 is 9.64 Å². The minimum Gasteiger partial charge on any atom is -0.366 e. The van der Waals surface area contributed by atoms with E-state index >= 15 is 0 Å². The minimum atomic E-state index is -4.21. The molecule has 1 saturated heterocycles. The molecule has 0 N–H and O–H groups in total. The van der Waals surface area contributed by atoms with Crippen LogP contribution >= 0.6 is 0 Å². The van der Waals surface area contributed by atoms with E-state index in [9.17, 15) is 13.2 Å². The van der Waals surface area contributed by atoms with Crippen LogP contribution in [0.3, 0.4) is 0 Å². The molecule has 0 aromatic heterocycles. The smallest absolute Gasteiger partial charge is 0.366 e. The number of morpholine rings is 1. The van der Waals surface area contributed by atoms with E-state index < -0.39 is 12.3 Å². The molecule has 1 aliphatic rings. The van der Waals surface area contributed by atoms with Gasteiger partial charge in [0.15, 0.2) is 6.10 Å². The van der Waals surface area contributed by atoms with E-state index in [1.54, 1.807) is 11.9 Å². The molecule has 5 heteroatoms. The highest BCUT2D eigenvalue weighted by atomic mass is 19.4. The Bertz CT molecular complexity index is 136. The first kappa shape index (κ1) is 8.80. The van der Waals surface area contributed by atoms with Crippen molar-refractivity contribution in [2.24, 2.45) is 0 Å². The average molecular weight is 169 g/mol. The maximum absolute atomic E-state index is 12.0. The van der Waals surface area contributed by atoms with E-state index in [0.717, 1.165) is 0 Å². The van der Waals surface area contributed by atoms with Crippen LogP contribution in [0.15, 0.2) is 0 Å². The quantitative estimate of drug-likeness (QED) is 0.533. The largest absolute Gasteiger partial charge is 0.415 e. The zero-order chi connectivity index (χ0) is 8.48. The summed E-state index contributed by atoms with van der Waals surface area (Å²) in [5, 5.41) is 0. The van der Waals surface area contributed by atoms with Crippen molar-refractivity contribution in [3.05, 3.63) is 0 Å². The third-order valence-corrected chi connectivity index (χ3v) is 1.63. The zero-order valence-electron chi connectivity index (χ0n) is 6.19. The van der Waals surface area contributed by atoms with Crippen molar-refractivity contribution in [2.75, 3.05) is 26.7 Å². The molecule has 0 saturated carbocycles. The van der Waals surface area contributed by atoms with Crippen LogP contribution in [0.1, 0.15) is 0 Å². The summed E-state index contributed by atoms with van der Waals surface area (Å²) < 4.78 is 40.4. The molecule has 0 amide bonds. The van der Waals surface area contributed by atoms with Crippen molar-refractivity contribution in [3.63, 3.8) is 0 Å². The van der Waals surface area contributed by atoms with Crippen molar-refractivity contribution in [1.82, 2.24) is 4.90 Å². The summed E-state index contributed by atoms with van der Waals surface area (Å²) >= 11 is 0. The first-order valence-electron chi connectivity index (χ1n) is 3.37. The lowest BCUT2D eigenvalue weighted by molar-refractivity contribution is -0.235. The van der Waals surface area contributed by atoms with Crippen LogP contribution in [0.2, 0.25) is 0 Å². The van der Waals surface area contributed by atoms with Crippen molar-refractivity contribution in [2.45, 2.75) is 12.3 Å². The number of rotatable bonds is 0. The lowest BCUT2D eigenvalue weighted by atomic mass is 10.3. The number of alkyl halides is 3. The molecule has 1 heterocycles. The Morgan fingerprint density at radius 3 is 2.45 bits per heavy atom. The Balaban J connectivity index is 2.46. The third-order valence-electron chi connectivity index (χ3n) is 1.63. The Hall–Kier alpha value is -0.290. The van der Waals surface area contributed by atoms with E-state index in [4.69, 9.17) is 0 Å². The fourth-order valence-electron chi connectivity index (χ4n) is 0.976. The van der Waals surface area contributed by atoms with E-state index in [0.29, 0.717) is 6.54 Å². The van der Waals surface area contributed by atoms with Gasteiger partial charge in [0.1, 0.15) is 0 Å². The van der Waals surface area contributed by atoms with Gasteiger partial charge in [-0.25, -0.2) is 0 Å². The lowest BCUT2D eigenvalue weighted by Gasteiger charge is -2.31. The molecule has 1 rings (SSSR count). The first-order valence-corrected chi connectivity index (χ1v) is 3.37. The molecule has 1 fully saturated rings. The monoisotopic (exact) mass is 169 g/mol. The van der Waals surface area contributed by atoms with Gasteiger partial charge in [-0.2, -0.15) is 13.2 Å². The van der Waals surface area contributed by atoms with Gasteiger partial charge in [0.25, 0.3) is 0 Å². The maximum atomic E-state index is 12.0. The van der Waals surface area contributed by atoms with Crippen LogP contribution in [-0.4, -0.2) is 43.9 Å². The number of likely N-dealkylation sites (N-methyl/N-ethyl adjacent to an activating group) is 1. The van der Waals surface area contributed by atoms with Crippen LogP contribution in [-0.2, 0) is 4.74 Å². The Kier molecular flexibility index (Phi) is 2.39. The summed E-state index contributed by atoms with van der Waals surface area (Å²) in [5.74, 6) is 0. The third kappa shape index (κ3) is 2.34. The molecule has 0 spiro atoms.